The minimum Gasteiger partial charge on any atom is -0.314 e. The number of thioether (sulfide) groups is 1. The van der Waals surface area contributed by atoms with Crippen molar-refractivity contribution in [3.8, 4) is 0 Å². The molecule has 0 aliphatic carbocycles. The number of amides is 1. The number of aromatic nitrogens is 2. The molecule has 5 nitrogen and oxygen atoms in total. The highest BCUT2D eigenvalue weighted by Gasteiger charge is 2.13. The Labute approximate surface area is 229 Å². The van der Waals surface area contributed by atoms with E-state index in [1.165, 1.54) is 11.8 Å². The molecule has 0 atom stereocenters. The SMILES string of the molecule is O=C(CSc1nc2ccccc2n1Cc1ccc(Cl)cc1)NN=Cc1c2ccccc2cc2ccccc12. The fourth-order valence-electron chi connectivity index (χ4n) is 4.61. The summed E-state index contributed by atoms with van der Waals surface area (Å²) < 4.78 is 2.13. The number of hydrazone groups is 1. The number of rotatable bonds is 7. The summed E-state index contributed by atoms with van der Waals surface area (Å²) in [7, 11) is 0. The summed E-state index contributed by atoms with van der Waals surface area (Å²) in [5, 5.41) is 10.2. The van der Waals surface area contributed by atoms with Crippen molar-refractivity contribution in [1.29, 1.82) is 0 Å². The molecule has 0 aliphatic heterocycles. The summed E-state index contributed by atoms with van der Waals surface area (Å²) in [5.41, 5.74) is 6.70. The number of carbonyl (C=O) groups excluding carboxylic acids is 1. The molecule has 0 radical (unpaired) electrons. The highest BCUT2D eigenvalue weighted by Crippen LogP contribution is 2.28. The number of nitrogens with zero attached hydrogens (tertiary/aromatic N) is 3. The molecular weight excluding hydrogens is 512 g/mol. The number of hydrogen-bond acceptors (Lipinski definition) is 4. The van der Waals surface area contributed by atoms with Gasteiger partial charge >= 0.3 is 0 Å². The Morgan fingerprint density at radius 2 is 1.55 bits per heavy atom. The first kappa shape index (κ1) is 24.2. The lowest BCUT2D eigenvalue weighted by Crippen LogP contribution is -2.20. The number of hydrogen-bond donors (Lipinski definition) is 1. The second-order valence-corrected chi connectivity index (χ2v) is 10.3. The smallest absolute Gasteiger partial charge is 0.250 e. The van der Waals surface area contributed by atoms with E-state index in [9.17, 15) is 4.79 Å². The van der Waals surface area contributed by atoms with Gasteiger partial charge in [-0.1, -0.05) is 96.2 Å². The Morgan fingerprint density at radius 1 is 0.895 bits per heavy atom. The van der Waals surface area contributed by atoms with Crippen LogP contribution in [-0.2, 0) is 11.3 Å². The van der Waals surface area contributed by atoms with E-state index in [1.54, 1.807) is 6.21 Å². The van der Waals surface area contributed by atoms with Crippen LogP contribution >= 0.6 is 23.4 Å². The minimum atomic E-state index is -0.194. The molecule has 38 heavy (non-hydrogen) atoms. The van der Waals surface area contributed by atoms with Gasteiger partial charge in [0.25, 0.3) is 5.91 Å². The van der Waals surface area contributed by atoms with Crippen LogP contribution in [0.3, 0.4) is 0 Å². The van der Waals surface area contributed by atoms with Gasteiger partial charge in [-0.3, -0.25) is 4.79 Å². The van der Waals surface area contributed by atoms with Gasteiger partial charge in [-0.25, -0.2) is 10.4 Å². The molecular formula is C31H23ClN4OS. The van der Waals surface area contributed by atoms with Crippen LogP contribution < -0.4 is 5.43 Å². The van der Waals surface area contributed by atoms with E-state index in [-0.39, 0.29) is 11.7 Å². The molecule has 0 aliphatic rings. The highest BCUT2D eigenvalue weighted by molar-refractivity contribution is 7.99. The molecule has 7 heteroatoms. The first-order valence-electron chi connectivity index (χ1n) is 12.2. The molecule has 186 valence electrons. The van der Waals surface area contributed by atoms with Gasteiger partial charge < -0.3 is 4.57 Å². The van der Waals surface area contributed by atoms with Gasteiger partial charge in [0.05, 0.1) is 29.5 Å². The topological polar surface area (TPSA) is 59.3 Å². The summed E-state index contributed by atoms with van der Waals surface area (Å²) in [6, 6.07) is 34.3. The molecule has 0 spiro atoms. The van der Waals surface area contributed by atoms with Gasteiger partial charge in [0.2, 0.25) is 0 Å². The molecule has 1 heterocycles. The summed E-state index contributed by atoms with van der Waals surface area (Å²) >= 11 is 7.46. The predicted octanol–water partition coefficient (Wildman–Crippen LogP) is 7.29. The molecule has 0 saturated heterocycles. The minimum absolute atomic E-state index is 0.192. The van der Waals surface area contributed by atoms with E-state index in [0.717, 1.165) is 48.9 Å². The Balaban J connectivity index is 1.20. The lowest BCUT2D eigenvalue weighted by atomic mass is 9.97. The third kappa shape index (κ3) is 5.01. The zero-order valence-electron chi connectivity index (χ0n) is 20.3. The zero-order valence-corrected chi connectivity index (χ0v) is 21.9. The fourth-order valence-corrected chi connectivity index (χ4v) is 5.54. The second-order valence-electron chi connectivity index (χ2n) is 8.91. The van der Waals surface area contributed by atoms with Gasteiger partial charge in [0, 0.05) is 10.6 Å². The molecule has 0 bridgehead atoms. The maximum atomic E-state index is 12.8. The molecule has 6 aromatic rings. The lowest BCUT2D eigenvalue weighted by molar-refractivity contribution is -0.118. The van der Waals surface area contributed by atoms with E-state index in [2.05, 4.69) is 45.4 Å². The molecule has 1 amide bonds. The van der Waals surface area contributed by atoms with Crippen molar-refractivity contribution < 1.29 is 4.79 Å². The van der Waals surface area contributed by atoms with Crippen molar-refractivity contribution in [1.82, 2.24) is 15.0 Å². The number of imidazole rings is 1. The highest BCUT2D eigenvalue weighted by atomic mass is 35.5. The Hall–Kier alpha value is -4.13. The Bertz CT molecular complexity index is 1760. The van der Waals surface area contributed by atoms with E-state index >= 15 is 0 Å². The molecule has 5 aromatic carbocycles. The lowest BCUT2D eigenvalue weighted by Gasteiger charge is -2.09. The fraction of sp³-hybridized carbons (Fsp3) is 0.0645. The van der Waals surface area contributed by atoms with Gasteiger partial charge in [0.15, 0.2) is 5.16 Å². The van der Waals surface area contributed by atoms with Crippen LogP contribution in [0.15, 0.2) is 113 Å². The maximum Gasteiger partial charge on any atom is 0.250 e. The number of para-hydroxylation sites is 2. The first-order valence-corrected chi connectivity index (χ1v) is 13.6. The van der Waals surface area contributed by atoms with Gasteiger partial charge in [0.1, 0.15) is 0 Å². The number of benzene rings is 5. The average Bonchev–Trinajstić information content (AvgIpc) is 3.30. The Kier molecular flexibility index (Phi) is 6.82. The van der Waals surface area contributed by atoms with Crippen LogP contribution in [0.25, 0.3) is 32.6 Å². The summed E-state index contributed by atoms with van der Waals surface area (Å²) in [6.07, 6.45) is 1.74. The molecule has 6 rings (SSSR count). The van der Waals surface area contributed by atoms with Crippen molar-refractivity contribution in [3.05, 3.63) is 119 Å². The van der Waals surface area contributed by atoms with Crippen LogP contribution in [0.1, 0.15) is 11.1 Å². The molecule has 0 saturated carbocycles. The molecule has 1 N–H and O–H groups in total. The second kappa shape index (κ2) is 10.7. The van der Waals surface area contributed by atoms with Crippen molar-refractivity contribution in [2.24, 2.45) is 5.10 Å². The van der Waals surface area contributed by atoms with Crippen LogP contribution in [0, 0.1) is 0 Å². The molecule has 1 aromatic heterocycles. The quantitative estimate of drug-likeness (QED) is 0.101. The van der Waals surface area contributed by atoms with Crippen molar-refractivity contribution >= 4 is 68.1 Å². The Morgan fingerprint density at radius 3 is 2.29 bits per heavy atom. The van der Waals surface area contributed by atoms with Crippen molar-refractivity contribution in [2.75, 3.05) is 5.75 Å². The van der Waals surface area contributed by atoms with Crippen LogP contribution in [0.2, 0.25) is 5.02 Å². The number of carbonyl (C=O) groups is 1. The van der Waals surface area contributed by atoms with E-state index in [0.29, 0.717) is 11.6 Å². The molecule has 0 fully saturated rings. The van der Waals surface area contributed by atoms with Crippen LogP contribution in [-0.4, -0.2) is 27.4 Å². The van der Waals surface area contributed by atoms with Crippen molar-refractivity contribution in [3.63, 3.8) is 0 Å². The van der Waals surface area contributed by atoms with Gasteiger partial charge in [-0.2, -0.15) is 5.10 Å². The number of nitrogens with one attached hydrogen (secondary N) is 1. The van der Waals surface area contributed by atoms with E-state index in [4.69, 9.17) is 16.6 Å². The van der Waals surface area contributed by atoms with Crippen LogP contribution in [0.4, 0.5) is 0 Å². The normalized spacial score (nSPS) is 11.6. The van der Waals surface area contributed by atoms with E-state index in [1.807, 2.05) is 72.8 Å². The predicted molar refractivity (Wildman–Crippen MR) is 158 cm³/mol. The summed E-state index contributed by atoms with van der Waals surface area (Å²) in [5.74, 6) is -0.00159. The average molecular weight is 535 g/mol. The van der Waals surface area contributed by atoms with Crippen LogP contribution in [0.5, 0.6) is 0 Å². The number of fused-ring (bicyclic) bond motifs is 3. The zero-order chi connectivity index (χ0) is 25.9. The van der Waals surface area contributed by atoms with E-state index < -0.39 is 0 Å². The largest absolute Gasteiger partial charge is 0.314 e. The monoisotopic (exact) mass is 534 g/mol. The van der Waals surface area contributed by atoms with Gasteiger partial charge in [-0.05, 0) is 57.4 Å². The number of halogens is 1. The maximum absolute atomic E-state index is 12.8. The third-order valence-corrected chi connectivity index (χ3v) is 7.63. The summed E-state index contributed by atoms with van der Waals surface area (Å²) in [6.45, 7) is 0.633. The van der Waals surface area contributed by atoms with Gasteiger partial charge in [-0.15, -0.1) is 0 Å². The van der Waals surface area contributed by atoms with Crippen molar-refractivity contribution in [2.45, 2.75) is 11.7 Å². The molecule has 0 unspecified atom stereocenters. The first-order chi connectivity index (χ1) is 18.7. The standard InChI is InChI=1S/C31H23ClN4OS/c32-24-15-13-21(14-16-24)19-36-29-12-6-5-11-28(29)34-31(36)38-20-30(37)35-33-18-27-25-9-3-1-7-22(25)17-23-8-2-4-10-26(23)27/h1-18H,19-20H2,(H,35,37). The third-order valence-electron chi connectivity index (χ3n) is 6.40. The summed E-state index contributed by atoms with van der Waals surface area (Å²) in [4.78, 5) is 17.5.